The van der Waals surface area contributed by atoms with Crippen molar-refractivity contribution in [1.29, 1.82) is 0 Å². The molecule has 0 fully saturated rings. The fraction of sp³-hybridized carbons (Fsp3) is 0.231. The van der Waals surface area contributed by atoms with Crippen LogP contribution in [0.3, 0.4) is 0 Å². The molecule has 1 aromatic carbocycles. The van der Waals surface area contributed by atoms with E-state index in [1.165, 1.54) is 32.2 Å². The number of nitrogens with zero attached hydrogens (tertiary/aromatic N) is 3. The van der Waals surface area contributed by atoms with Crippen molar-refractivity contribution in [2.45, 2.75) is 13.1 Å². The van der Waals surface area contributed by atoms with Crippen molar-refractivity contribution in [1.82, 2.24) is 9.78 Å². The number of aromatic nitrogens is 2. The molecule has 10 heteroatoms. The Morgan fingerprint density at radius 3 is 2.48 bits per heavy atom. The summed E-state index contributed by atoms with van der Waals surface area (Å²) in [5.41, 5.74) is -0.942. The van der Waals surface area contributed by atoms with E-state index in [9.17, 15) is 28.1 Å². The van der Waals surface area contributed by atoms with Crippen LogP contribution in [0.4, 0.5) is 24.5 Å². The average molecular weight is 328 g/mol. The number of anilines is 1. The number of halogens is 3. The van der Waals surface area contributed by atoms with Gasteiger partial charge in [0.05, 0.1) is 4.92 Å². The van der Waals surface area contributed by atoms with E-state index in [0.717, 1.165) is 4.68 Å². The Bertz CT molecular complexity index is 783. The maximum absolute atomic E-state index is 12.6. The van der Waals surface area contributed by atoms with E-state index < -0.39 is 22.7 Å². The zero-order valence-electron chi connectivity index (χ0n) is 12.0. The smallest absolute Gasteiger partial charge is 0.320 e. The maximum atomic E-state index is 12.6. The molecule has 7 nitrogen and oxygen atoms in total. The number of benzene rings is 1. The van der Waals surface area contributed by atoms with E-state index in [0.29, 0.717) is 11.6 Å². The predicted octanol–water partition coefficient (Wildman–Crippen LogP) is 2.91. The summed E-state index contributed by atoms with van der Waals surface area (Å²) in [5, 5.41) is 16.3. The van der Waals surface area contributed by atoms with Crippen LogP contribution in [-0.4, -0.2) is 20.6 Å². The van der Waals surface area contributed by atoms with E-state index >= 15 is 0 Å². The molecule has 0 spiro atoms. The summed E-state index contributed by atoms with van der Waals surface area (Å²) < 4.78 is 38.6. The highest BCUT2D eigenvalue weighted by atomic mass is 19.4. The number of nitrogens with one attached hydrogen (secondary N) is 1. The molecule has 1 heterocycles. The lowest BCUT2D eigenvalue weighted by Gasteiger charge is -2.08. The number of non-ortho nitro benzene ring substituents is 1. The van der Waals surface area contributed by atoms with Crippen molar-refractivity contribution in [3.8, 4) is 0 Å². The van der Waals surface area contributed by atoms with Gasteiger partial charge < -0.3 is 5.32 Å². The van der Waals surface area contributed by atoms with Crippen LogP contribution in [0, 0.1) is 17.0 Å². The first kappa shape index (κ1) is 16.5. The highest BCUT2D eigenvalue weighted by Gasteiger charge is 2.35. The Morgan fingerprint density at radius 2 is 2.00 bits per heavy atom. The molecular formula is C13H11F3N4O3. The van der Waals surface area contributed by atoms with Gasteiger partial charge in [-0.3, -0.25) is 19.6 Å². The highest BCUT2D eigenvalue weighted by molar-refractivity contribution is 6.03. The molecule has 0 saturated heterocycles. The molecule has 0 saturated carbocycles. The van der Waals surface area contributed by atoms with Crippen LogP contribution in [0.5, 0.6) is 0 Å². The molecule has 2 rings (SSSR count). The zero-order chi connectivity index (χ0) is 17.4. The topological polar surface area (TPSA) is 90.1 Å². The monoisotopic (exact) mass is 328 g/mol. The molecular weight excluding hydrogens is 317 g/mol. The summed E-state index contributed by atoms with van der Waals surface area (Å²) in [4.78, 5) is 22.1. The Morgan fingerprint density at radius 1 is 1.35 bits per heavy atom. The van der Waals surface area contributed by atoms with Crippen molar-refractivity contribution in [3.05, 3.63) is 51.3 Å². The van der Waals surface area contributed by atoms with E-state index in [2.05, 4.69) is 10.4 Å². The molecule has 2 aromatic rings. The largest absolute Gasteiger partial charge is 0.435 e. The second kappa shape index (κ2) is 5.71. The number of amides is 1. The van der Waals surface area contributed by atoms with Gasteiger partial charge >= 0.3 is 6.18 Å². The lowest BCUT2D eigenvalue weighted by atomic mass is 10.1. The van der Waals surface area contributed by atoms with Crippen LogP contribution >= 0.6 is 0 Å². The Hall–Kier alpha value is -2.91. The Balaban J connectivity index is 2.26. The first-order chi connectivity index (χ1) is 10.6. The van der Waals surface area contributed by atoms with Crippen LogP contribution in [0.15, 0.2) is 24.3 Å². The van der Waals surface area contributed by atoms with Crippen LogP contribution in [0.25, 0.3) is 0 Å². The summed E-state index contributed by atoms with van der Waals surface area (Å²) in [6.07, 6.45) is -4.65. The minimum absolute atomic E-state index is 0.152. The summed E-state index contributed by atoms with van der Waals surface area (Å²) in [7, 11) is 1.22. The van der Waals surface area contributed by atoms with Crippen molar-refractivity contribution < 1.29 is 22.9 Å². The highest BCUT2D eigenvalue weighted by Crippen LogP contribution is 2.28. The van der Waals surface area contributed by atoms with Crippen molar-refractivity contribution in [3.63, 3.8) is 0 Å². The van der Waals surface area contributed by atoms with Crippen molar-refractivity contribution in [2.75, 3.05) is 5.32 Å². The number of rotatable bonds is 3. The van der Waals surface area contributed by atoms with E-state index in [4.69, 9.17) is 0 Å². The third kappa shape index (κ3) is 3.47. The van der Waals surface area contributed by atoms with Crippen molar-refractivity contribution in [2.24, 2.45) is 7.05 Å². The van der Waals surface area contributed by atoms with Gasteiger partial charge in [-0.05, 0) is 18.6 Å². The van der Waals surface area contributed by atoms with Gasteiger partial charge in [0.15, 0.2) is 5.69 Å². The van der Waals surface area contributed by atoms with Gasteiger partial charge in [-0.1, -0.05) is 0 Å². The van der Waals surface area contributed by atoms with Crippen molar-refractivity contribution >= 4 is 17.3 Å². The number of nitro benzene ring substituents is 1. The van der Waals surface area contributed by atoms with E-state index in [1.807, 2.05) is 0 Å². The molecule has 0 aliphatic heterocycles. The molecule has 1 aromatic heterocycles. The number of alkyl halides is 3. The molecule has 0 radical (unpaired) electrons. The number of hydrogen-bond donors (Lipinski definition) is 1. The number of carbonyl (C=O) groups excluding carboxylic acids is 1. The van der Waals surface area contributed by atoms with Gasteiger partial charge in [0.25, 0.3) is 11.6 Å². The van der Waals surface area contributed by atoms with Crippen LogP contribution in [0.2, 0.25) is 0 Å². The fourth-order valence-electron chi connectivity index (χ4n) is 1.91. The number of hydrogen-bond acceptors (Lipinski definition) is 4. The Labute approximate surface area is 127 Å². The average Bonchev–Trinajstić information content (AvgIpc) is 2.83. The lowest BCUT2D eigenvalue weighted by Crippen LogP contribution is -2.16. The summed E-state index contributed by atoms with van der Waals surface area (Å²) in [6.45, 7) is 1.53. The van der Waals surface area contributed by atoms with Crippen LogP contribution in [-0.2, 0) is 13.2 Å². The number of aryl methyl sites for hydroxylation is 2. The standard InChI is InChI=1S/C13H11F3N4O3/c1-7-5-8(20(22)23)3-4-9(7)17-12(21)10-6-11(13(14,15)16)18-19(10)2/h3-6H,1-2H3,(H,17,21). The van der Waals surface area contributed by atoms with Crippen LogP contribution < -0.4 is 5.32 Å². The Kier molecular flexibility index (Phi) is 4.08. The van der Waals surface area contributed by atoms with E-state index in [-0.39, 0.29) is 17.1 Å². The normalized spacial score (nSPS) is 11.3. The summed E-state index contributed by atoms with van der Waals surface area (Å²) >= 11 is 0. The molecule has 122 valence electrons. The molecule has 0 bridgehead atoms. The second-order valence-corrected chi connectivity index (χ2v) is 4.75. The first-order valence-corrected chi connectivity index (χ1v) is 6.27. The first-order valence-electron chi connectivity index (χ1n) is 6.27. The van der Waals surface area contributed by atoms with Crippen LogP contribution in [0.1, 0.15) is 21.7 Å². The number of carbonyl (C=O) groups is 1. The molecule has 0 aliphatic rings. The molecule has 0 aliphatic carbocycles. The third-order valence-corrected chi connectivity index (χ3v) is 3.07. The third-order valence-electron chi connectivity index (χ3n) is 3.07. The number of nitro groups is 1. The van der Waals surface area contributed by atoms with Gasteiger partial charge in [0.2, 0.25) is 0 Å². The molecule has 1 amide bonds. The van der Waals surface area contributed by atoms with Gasteiger partial charge in [0, 0.05) is 30.9 Å². The van der Waals surface area contributed by atoms with Gasteiger partial charge in [-0.2, -0.15) is 18.3 Å². The van der Waals surface area contributed by atoms with Gasteiger partial charge in [-0.15, -0.1) is 0 Å². The lowest BCUT2D eigenvalue weighted by molar-refractivity contribution is -0.384. The molecule has 23 heavy (non-hydrogen) atoms. The molecule has 0 atom stereocenters. The SMILES string of the molecule is Cc1cc([N+](=O)[O-])ccc1NC(=O)c1cc(C(F)(F)F)nn1C. The quantitative estimate of drug-likeness (QED) is 0.693. The molecule has 1 N–H and O–H groups in total. The minimum Gasteiger partial charge on any atom is -0.320 e. The molecule has 0 unspecified atom stereocenters. The summed E-state index contributed by atoms with van der Waals surface area (Å²) in [6, 6.07) is 4.38. The predicted molar refractivity (Wildman–Crippen MR) is 74.0 cm³/mol. The second-order valence-electron chi connectivity index (χ2n) is 4.75. The maximum Gasteiger partial charge on any atom is 0.435 e. The van der Waals surface area contributed by atoms with E-state index in [1.54, 1.807) is 0 Å². The summed E-state index contributed by atoms with van der Waals surface area (Å²) in [5.74, 6) is -0.799. The minimum atomic E-state index is -4.65. The zero-order valence-corrected chi connectivity index (χ0v) is 12.0. The van der Waals surface area contributed by atoms with Gasteiger partial charge in [-0.25, -0.2) is 0 Å². The fourth-order valence-corrected chi connectivity index (χ4v) is 1.91. The van der Waals surface area contributed by atoms with Gasteiger partial charge in [0.1, 0.15) is 5.69 Å².